The molecular weight excluding hydrogens is 248 g/mol. The lowest BCUT2D eigenvalue weighted by molar-refractivity contribution is -0.141. The van der Waals surface area contributed by atoms with Crippen molar-refractivity contribution in [3.63, 3.8) is 0 Å². The molecule has 6 heteroatoms. The Bertz CT molecular complexity index is 524. The summed E-state index contributed by atoms with van der Waals surface area (Å²) in [4.78, 5) is 12.9. The zero-order valence-corrected chi connectivity index (χ0v) is 10.5. The summed E-state index contributed by atoms with van der Waals surface area (Å²) in [5, 5.41) is 18.4. The van der Waals surface area contributed by atoms with Crippen molar-refractivity contribution in [2.45, 2.75) is 6.04 Å². The van der Waals surface area contributed by atoms with Crippen molar-refractivity contribution in [3.05, 3.63) is 23.8 Å². The van der Waals surface area contributed by atoms with Crippen LogP contribution in [0.4, 0.5) is 5.69 Å². The summed E-state index contributed by atoms with van der Waals surface area (Å²) in [6.45, 7) is 0.974. The summed E-state index contributed by atoms with van der Waals surface area (Å²) >= 11 is 0. The highest BCUT2D eigenvalue weighted by atomic mass is 16.5. The first kappa shape index (κ1) is 13.2. The molecule has 1 saturated heterocycles. The molecule has 0 saturated carbocycles. The van der Waals surface area contributed by atoms with E-state index in [-0.39, 0.29) is 6.61 Å². The van der Waals surface area contributed by atoms with Gasteiger partial charge in [0.05, 0.1) is 31.6 Å². The zero-order chi connectivity index (χ0) is 13.8. The van der Waals surface area contributed by atoms with Gasteiger partial charge < -0.3 is 19.5 Å². The van der Waals surface area contributed by atoms with Crippen molar-refractivity contribution >= 4 is 11.7 Å². The molecule has 1 aliphatic rings. The number of carboxylic acid groups (broad SMARTS) is 1. The van der Waals surface area contributed by atoms with Gasteiger partial charge in [0.25, 0.3) is 0 Å². The summed E-state index contributed by atoms with van der Waals surface area (Å²) < 4.78 is 10.3. The Kier molecular flexibility index (Phi) is 3.88. The van der Waals surface area contributed by atoms with E-state index in [9.17, 15) is 9.90 Å². The number of anilines is 1. The summed E-state index contributed by atoms with van der Waals surface area (Å²) in [5.74, 6) is -0.379. The summed E-state index contributed by atoms with van der Waals surface area (Å²) in [7, 11) is 1.53. The quantitative estimate of drug-likeness (QED) is 0.869. The van der Waals surface area contributed by atoms with Gasteiger partial charge in [-0.2, -0.15) is 5.26 Å². The lowest BCUT2D eigenvalue weighted by Crippen LogP contribution is -2.50. The fourth-order valence-electron chi connectivity index (χ4n) is 2.07. The summed E-state index contributed by atoms with van der Waals surface area (Å²) in [6.07, 6.45) is 0. The molecule has 0 aliphatic carbocycles. The number of morpholine rings is 1. The first-order chi connectivity index (χ1) is 9.17. The topological polar surface area (TPSA) is 82.8 Å². The van der Waals surface area contributed by atoms with Crippen LogP contribution < -0.4 is 9.64 Å². The smallest absolute Gasteiger partial charge is 0.328 e. The Hall–Kier alpha value is -2.26. The zero-order valence-electron chi connectivity index (χ0n) is 10.5. The molecule has 1 N–H and O–H groups in total. The van der Waals surface area contributed by atoms with Crippen molar-refractivity contribution in [1.82, 2.24) is 0 Å². The van der Waals surface area contributed by atoms with E-state index in [1.54, 1.807) is 23.1 Å². The van der Waals surface area contributed by atoms with Gasteiger partial charge in [0, 0.05) is 12.6 Å². The van der Waals surface area contributed by atoms with Crippen LogP contribution in [0.15, 0.2) is 18.2 Å². The molecule has 1 fully saturated rings. The second-order valence-electron chi connectivity index (χ2n) is 4.12. The van der Waals surface area contributed by atoms with Gasteiger partial charge in [-0.05, 0) is 12.1 Å². The van der Waals surface area contributed by atoms with E-state index in [4.69, 9.17) is 14.7 Å². The van der Waals surface area contributed by atoms with E-state index in [1.165, 1.54) is 7.11 Å². The number of nitrogens with zero attached hydrogens (tertiary/aromatic N) is 2. The Balaban J connectivity index is 2.43. The van der Waals surface area contributed by atoms with Gasteiger partial charge in [0.15, 0.2) is 6.04 Å². The van der Waals surface area contributed by atoms with Gasteiger partial charge in [-0.25, -0.2) is 4.79 Å². The average molecular weight is 262 g/mol. The number of aliphatic carboxylic acids is 1. The molecule has 1 atom stereocenters. The maximum atomic E-state index is 11.3. The minimum Gasteiger partial charge on any atom is -0.497 e. The van der Waals surface area contributed by atoms with Gasteiger partial charge in [-0.1, -0.05) is 0 Å². The molecule has 1 heterocycles. The number of carboxylic acids is 1. The Morgan fingerprint density at radius 3 is 3.05 bits per heavy atom. The SMILES string of the molecule is COc1ccc(C#N)c(N2CCOCC2C(=O)O)c1. The van der Waals surface area contributed by atoms with Crippen LogP contribution in [0.2, 0.25) is 0 Å². The van der Waals surface area contributed by atoms with E-state index < -0.39 is 12.0 Å². The fraction of sp³-hybridized carbons (Fsp3) is 0.385. The third-order valence-corrected chi connectivity index (χ3v) is 3.05. The van der Waals surface area contributed by atoms with Crippen LogP contribution in [-0.4, -0.2) is 44.0 Å². The molecule has 100 valence electrons. The lowest BCUT2D eigenvalue weighted by Gasteiger charge is -2.35. The van der Waals surface area contributed by atoms with Gasteiger partial charge in [0.1, 0.15) is 11.8 Å². The Labute approximate surface area is 110 Å². The van der Waals surface area contributed by atoms with Crippen molar-refractivity contribution in [2.75, 3.05) is 31.8 Å². The number of carbonyl (C=O) groups is 1. The van der Waals surface area contributed by atoms with Crippen molar-refractivity contribution in [3.8, 4) is 11.8 Å². The maximum absolute atomic E-state index is 11.3. The summed E-state index contributed by atoms with van der Waals surface area (Å²) in [6, 6.07) is 6.28. The van der Waals surface area contributed by atoms with E-state index in [0.29, 0.717) is 30.2 Å². The molecule has 0 spiro atoms. The normalized spacial score (nSPS) is 18.7. The third-order valence-electron chi connectivity index (χ3n) is 3.05. The highest BCUT2D eigenvalue weighted by molar-refractivity contribution is 5.80. The predicted molar refractivity (Wildman–Crippen MR) is 67.3 cm³/mol. The molecule has 1 aromatic carbocycles. The molecule has 2 rings (SSSR count). The van der Waals surface area contributed by atoms with Crippen molar-refractivity contribution in [1.29, 1.82) is 5.26 Å². The highest BCUT2D eigenvalue weighted by Gasteiger charge is 2.30. The molecule has 0 radical (unpaired) electrons. The number of rotatable bonds is 3. The number of methoxy groups -OCH3 is 1. The number of benzene rings is 1. The van der Waals surface area contributed by atoms with Crippen LogP contribution in [0.3, 0.4) is 0 Å². The second-order valence-corrected chi connectivity index (χ2v) is 4.12. The number of ether oxygens (including phenoxy) is 2. The predicted octanol–water partition coefficient (Wildman–Crippen LogP) is 0.857. The van der Waals surface area contributed by atoms with E-state index >= 15 is 0 Å². The first-order valence-corrected chi connectivity index (χ1v) is 5.82. The van der Waals surface area contributed by atoms with Crippen molar-refractivity contribution < 1.29 is 19.4 Å². The van der Waals surface area contributed by atoms with E-state index in [1.807, 2.05) is 0 Å². The van der Waals surface area contributed by atoms with Crippen LogP contribution in [0.25, 0.3) is 0 Å². The molecular formula is C13H14N2O4. The van der Waals surface area contributed by atoms with Crippen LogP contribution in [0.1, 0.15) is 5.56 Å². The molecule has 1 aliphatic heterocycles. The largest absolute Gasteiger partial charge is 0.497 e. The number of hydrogen-bond donors (Lipinski definition) is 1. The second kappa shape index (κ2) is 5.59. The highest BCUT2D eigenvalue weighted by Crippen LogP contribution is 2.28. The van der Waals surface area contributed by atoms with Gasteiger partial charge in [-0.15, -0.1) is 0 Å². The Morgan fingerprint density at radius 2 is 2.42 bits per heavy atom. The van der Waals surface area contributed by atoms with Crippen molar-refractivity contribution in [2.24, 2.45) is 0 Å². The van der Waals surface area contributed by atoms with Gasteiger partial charge in [-0.3, -0.25) is 0 Å². The molecule has 0 aromatic heterocycles. The van der Waals surface area contributed by atoms with Crippen LogP contribution in [0, 0.1) is 11.3 Å². The maximum Gasteiger partial charge on any atom is 0.328 e. The molecule has 0 bridgehead atoms. The van der Waals surface area contributed by atoms with Crippen LogP contribution >= 0.6 is 0 Å². The molecule has 6 nitrogen and oxygen atoms in total. The van der Waals surface area contributed by atoms with Crippen LogP contribution in [-0.2, 0) is 9.53 Å². The van der Waals surface area contributed by atoms with E-state index in [0.717, 1.165) is 0 Å². The number of hydrogen-bond acceptors (Lipinski definition) is 5. The Morgan fingerprint density at radius 1 is 1.63 bits per heavy atom. The third kappa shape index (κ3) is 2.61. The fourth-order valence-corrected chi connectivity index (χ4v) is 2.07. The summed E-state index contributed by atoms with van der Waals surface area (Å²) in [5.41, 5.74) is 0.992. The van der Waals surface area contributed by atoms with Gasteiger partial charge in [0.2, 0.25) is 0 Å². The molecule has 1 aromatic rings. The lowest BCUT2D eigenvalue weighted by atomic mass is 10.1. The minimum absolute atomic E-state index is 0.109. The van der Waals surface area contributed by atoms with Gasteiger partial charge >= 0.3 is 5.97 Å². The molecule has 19 heavy (non-hydrogen) atoms. The average Bonchev–Trinajstić information content (AvgIpc) is 2.46. The van der Waals surface area contributed by atoms with E-state index in [2.05, 4.69) is 6.07 Å². The van der Waals surface area contributed by atoms with Crippen LogP contribution in [0.5, 0.6) is 5.75 Å². The molecule has 0 amide bonds. The standard InChI is InChI=1S/C13H14N2O4/c1-18-10-3-2-9(7-14)11(6-10)15-4-5-19-8-12(15)13(16)17/h2-3,6,12H,4-5,8H2,1H3,(H,16,17). The molecule has 1 unspecified atom stereocenters. The monoisotopic (exact) mass is 262 g/mol. The minimum atomic E-state index is -0.966. The first-order valence-electron chi connectivity index (χ1n) is 5.82. The number of nitriles is 1.